The summed E-state index contributed by atoms with van der Waals surface area (Å²) < 4.78 is 0. The number of hydrogen-bond acceptors (Lipinski definition) is 0. The highest BCUT2D eigenvalue weighted by Crippen LogP contribution is 2.16. The van der Waals surface area contributed by atoms with Gasteiger partial charge < -0.3 is 0 Å². The molecule has 0 fully saturated rings. The van der Waals surface area contributed by atoms with Crippen molar-refractivity contribution in [3.63, 3.8) is 0 Å². The molecule has 0 saturated carbocycles. The van der Waals surface area contributed by atoms with Crippen LogP contribution in [0.25, 0.3) is 5.57 Å². The van der Waals surface area contributed by atoms with Crippen LogP contribution in [-0.2, 0) is 6.42 Å². The van der Waals surface area contributed by atoms with Gasteiger partial charge in [0.1, 0.15) is 0 Å². The molecule has 0 radical (unpaired) electrons. The summed E-state index contributed by atoms with van der Waals surface area (Å²) in [6.45, 7) is 4.24. The molecule has 0 heterocycles. The van der Waals surface area contributed by atoms with E-state index in [1.54, 1.807) is 5.54 Å². The van der Waals surface area contributed by atoms with Gasteiger partial charge in [-0.2, -0.15) is 0 Å². The molecule has 1 rings (SSSR count). The summed E-state index contributed by atoms with van der Waals surface area (Å²) in [5.41, 5.74) is 5.37. The summed E-state index contributed by atoms with van der Waals surface area (Å²) in [7, 11) is 0. The van der Waals surface area contributed by atoms with E-state index in [2.05, 4.69) is 31.2 Å². The zero-order chi connectivity index (χ0) is 10.4. The van der Waals surface area contributed by atoms with Crippen molar-refractivity contribution in [2.75, 3.05) is 0 Å². The Balaban J connectivity index is 2.68. The Morgan fingerprint density at radius 1 is 1.29 bits per heavy atom. The average Bonchev–Trinajstić information content (AvgIpc) is 2.26. The second-order valence-electron chi connectivity index (χ2n) is 3.59. The molecule has 1 heteroatoms. The summed E-state index contributed by atoms with van der Waals surface area (Å²) in [4.78, 5) is 0. The molecule has 1 aromatic rings. The van der Waals surface area contributed by atoms with E-state index in [4.69, 9.17) is 11.6 Å². The quantitative estimate of drug-likeness (QED) is 0.677. The van der Waals surface area contributed by atoms with E-state index in [1.807, 2.05) is 6.92 Å². The zero-order valence-electron chi connectivity index (χ0n) is 8.89. The molecule has 0 aliphatic rings. The summed E-state index contributed by atoms with van der Waals surface area (Å²) in [6, 6.07) is 8.65. The number of benzene rings is 1. The Kier molecular flexibility index (Phi) is 4.75. The number of halogens is 1. The van der Waals surface area contributed by atoms with Crippen LogP contribution in [0.1, 0.15) is 37.8 Å². The maximum absolute atomic E-state index is 5.65. The molecule has 0 aliphatic carbocycles. The van der Waals surface area contributed by atoms with Crippen LogP contribution in [0.5, 0.6) is 0 Å². The monoisotopic (exact) mass is 208 g/mol. The van der Waals surface area contributed by atoms with E-state index in [0.717, 1.165) is 5.57 Å². The lowest BCUT2D eigenvalue weighted by molar-refractivity contribution is 0.795. The third-order valence-electron chi connectivity index (χ3n) is 2.39. The third kappa shape index (κ3) is 3.19. The van der Waals surface area contributed by atoms with Crippen molar-refractivity contribution in [3.8, 4) is 0 Å². The Labute approximate surface area is 91.6 Å². The van der Waals surface area contributed by atoms with Gasteiger partial charge in [-0.05, 0) is 36.5 Å². The Hall–Kier alpha value is -0.750. The summed E-state index contributed by atoms with van der Waals surface area (Å²) in [6.07, 6.45) is 3.70. The third-order valence-corrected chi connectivity index (χ3v) is 2.72. The van der Waals surface area contributed by atoms with Crippen LogP contribution >= 0.6 is 11.6 Å². The smallest absolute Gasteiger partial charge is 0.00777 e. The molecule has 0 unspecified atom stereocenters. The molecule has 0 amide bonds. The number of rotatable bonds is 4. The van der Waals surface area contributed by atoms with Gasteiger partial charge in [0.25, 0.3) is 0 Å². The fourth-order valence-electron chi connectivity index (χ4n) is 1.38. The highest BCUT2D eigenvalue weighted by molar-refractivity contribution is 6.28. The molecule has 0 bridgehead atoms. The van der Waals surface area contributed by atoms with Crippen molar-refractivity contribution in [2.24, 2.45) is 0 Å². The largest absolute Gasteiger partial charge is 0.0926 e. The lowest BCUT2D eigenvalue weighted by Crippen LogP contribution is -1.85. The summed E-state index contributed by atoms with van der Waals surface area (Å²) in [5, 5.41) is 0. The van der Waals surface area contributed by atoms with Gasteiger partial charge in [0.05, 0.1) is 0 Å². The highest BCUT2D eigenvalue weighted by atomic mass is 35.5. The lowest BCUT2D eigenvalue weighted by atomic mass is 10.0. The SMILES string of the molecule is CCCCc1ccc(/C(C)=C/Cl)cc1. The predicted molar refractivity (Wildman–Crippen MR) is 64.6 cm³/mol. The molecular formula is C13H17Cl. The Bertz CT molecular complexity index is 296. The minimum Gasteiger partial charge on any atom is -0.0926 e. The van der Waals surface area contributed by atoms with Gasteiger partial charge in [-0.1, -0.05) is 49.2 Å². The maximum atomic E-state index is 5.65. The minimum atomic E-state index is 1.12. The molecule has 0 aliphatic heterocycles. The first-order valence-corrected chi connectivity index (χ1v) is 5.58. The van der Waals surface area contributed by atoms with Crippen LogP contribution in [-0.4, -0.2) is 0 Å². The van der Waals surface area contributed by atoms with E-state index >= 15 is 0 Å². The van der Waals surface area contributed by atoms with Gasteiger partial charge in [-0.25, -0.2) is 0 Å². The molecule has 14 heavy (non-hydrogen) atoms. The van der Waals surface area contributed by atoms with Crippen LogP contribution in [0.3, 0.4) is 0 Å². The maximum Gasteiger partial charge on any atom is 0.00777 e. The van der Waals surface area contributed by atoms with E-state index < -0.39 is 0 Å². The van der Waals surface area contributed by atoms with E-state index in [0.29, 0.717) is 0 Å². The fourth-order valence-corrected chi connectivity index (χ4v) is 1.50. The first kappa shape index (κ1) is 11.3. The van der Waals surface area contributed by atoms with E-state index in [-0.39, 0.29) is 0 Å². The molecule has 0 N–H and O–H groups in total. The van der Waals surface area contributed by atoms with Gasteiger partial charge in [-0.3, -0.25) is 0 Å². The second kappa shape index (κ2) is 5.87. The van der Waals surface area contributed by atoms with Crippen molar-refractivity contribution < 1.29 is 0 Å². The molecule has 0 aromatic heterocycles. The number of hydrogen-bond donors (Lipinski definition) is 0. The van der Waals surface area contributed by atoms with E-state index in [1.165, 1.54) is 30.4 Å². The van der Waals surface area contributed by atoms with E-state index in [9.17, 15) is 0 Å². The van der Waals surface area contributed by atoms with Gasteiger partial charge >= 0.3 is 0 Å². The number of allylic oxidation sites excluding steroid dienone is 1. The van der Waals surface area contributed by atoms with Crippen molar-refractivity contribution in [1.29, 1.82) is 0 Å². The molecule has 0 nitrogen and oxygen atoms in total. The average molecular weight is 209 g/mol. The second-order valence-corrected chi connectivity index (χ2v) is 3.81. The normalized spacial score (nSPS) is 11.8. The standard InChI is InChI=1S/C13H17Cl/c1-3-4-5-12-6-8-13(9-7-12)11(2)10-14/h6-10H,3-5H2,1-2H3/b11-10+. The summed E-state index contributed by atoms with van der Waals surface area (Å²) >= 11 is 5.65. The van der Waals surface area contributed by atoms with Gasteiger partial charge in [-0.15, -0.1) is 0 Å². The molecule has 0 saturated heterocycles. The van der Waals surface area contributed by atoms with Gasteiger partial charge in [0.15, 0.2) is 0 Å². The van der Waals surface area contributed by atoms with Crippen LogP contribution in [0.4, 0.5) is 0 Å². The van der Waals surface area contributed by atoms with Gasteiger partial charge in [0, 0.05) is 5.54 Å². The number of aryl methyl sites for hydroxylation is 1. The molecule has 1 aromatic carbocycles. The Morgan fingerprint density at radius 2 is 1.93 bits per heavy atom. The van der Waals surface area contributed by atoms with Crippen LogP contribution in [0.2, 0.25) is 0 Å². The molecule has 76 valence electrons. The molecule has 0 spiro atoms. The molecule has 0 atom stereocenters. The van der Waals surface area contributed by atoms with Crippen LogP contribution in [0, 0.1) is 0 Å². The van der Waals surface area contributed by atoms with Crippen molar-refractivity contribution in [2.45, 2.75) is 33.1 Å². The summed E-state index contributed by atoms with van der Waals surface area (Å²) in [5.74, 6) is 0. The first-order chi connectivity index (χ1) is 6.77. The first-order valence-electron chi connectivity index (χ1n) is 5.14. The Morgan fingerprint density at radius 3 is 2.43 bits per heavy atom. The van der Waals surface area contributed by atoms with Crippen molar-refractivity contribution in [1.82, 2.24) is 0 Å². The van der Waals surface area contributed by atoms with Crippen molar-refractivity contribution in [3.05, 3.63) is 40.9 Å². The van der Waals surface area contributed by atoms with Gasteiger partial charge in [0.2, 0.25) is 0 Å². The number of unbranched alkanes of at least 4 members (excludes halogenated alkanes) is 1. The van der Waals surface area contributed by atoms with Crippen molar-refractivity contribution >= 4 is 17.2 Å². The van der Waals surface area contributed by atoms with Crippen LogP contribution < -0.4 is 0 Å². The van der Waals surface area contributed by atoms with Crippen LogP contribution in [0.15, 0.2) is 29.8 Å². The molecular weight excluding hydrogens is 192 g/mol. The topological polar surface area (TPSA) is 0 Å². The zero-order valence-corrected chi connectivity index (χ0v) is 9.64. The minimum absolute atomic E-state index is 1.12. The lowest BCUT2D eigenvalue weighted by Gasteiger charge is -2.03. The highest BCUT2D eigenvalue weighted by Gasteiger charge is 1.95. The fraction of sp³-hybridized carbons (Fsp3) is 0.385. The predicted octanol–water partition coefficient (Wildman–Crippen LogP) is 4.63.